The molecule has 4 heteroatoms. The van der Waals surface area contributed by atoms with E-state index in [0.29, 0.717) is 12.7 Å². The fourth-order valence-electron chi connectivity index (χ4n) is 5.69. The smallest absolute Gasteiger partial charge is 0.297 e. The highest BCUT2D eigenvalue weighted by Gasteiger charge is 2.49. The minimum Gasteiger partial charge on any atom is -0.429 e. The van der Waals surface area contributed by atoms with Gasteiger partial charge in [0.25, 0.3) is 6.92 Å². The van der Waals surface area contributed by atoms with Gasteiger partial charge in [0.1, 0.15) is 0 Å². The summed E-state index contributed by atoms with van der Waals surface area (Å²) < 4.78 is 7.09. The number of hydrogen-bond donors (Lipinski definition) is 0. The molecule has 1 aromatic rings. The van der Waals surface area contributed by atoms with E-state index in [0.717, 1.165) is 28.4 Å². The summed E-state index contributed by atoms with van der Waals surface area (Å²) in [5.74, 6) is 1.57. The second-order valence-corrected chi connectivity index (χ2v) is 15.9. The monoisotopic (exact) mass is 402 g/mol. The average molecular weight is 403 g/mol. The Balaban J connectivity index is 1.96. The molecule has 1 aromatic carbocycles. The summed E-state index contributed by atoms with van der Waals surface area (Å²) in [6.07, 6.45) is 9.14. The van der Waals surface area contributed by atoms with Gasteiger partial charge in [0.15, 0.2) is 0 Å². The molecule has 2 aliphatic rings. The normalized spacial score (nSPS) is 27.1. The van der Waals surface area contributed by atoms with Crippen LogP contribution in [0.2, 0.25) is 35.9 Å². The molecule has 2 fully saturated rings. The molecular weight excluding hydrogens is 367 g/mol. The third-order valence-corrected chi connectivity index (χ3v) is 9.88. The first-order valence-corrected chi connectivity index (χ1v) is 14.8. The van der Waals surface area contributed by atoms with Gasteiger partial charge in [-0.3, -0.25) is 0 Å². The van der Waals surface area contributed by atoms with Crippen molar-refractivity contribution in [2.75, 3.05) is 0 Å². The van der Waals surface area contributed by atoms with Crippen LogP contribution in [-0.2, 0) is 4.65 Å². The molecule has 0 aliphatic carbocycles. The molecule has 148 valence electrons. The largest absolute Gasteiger partial charge is 0.429 e. The van der Waals surface area contributed by atoms with E-state index in [1.165, 1.54) is 44.1 Å². The van der Waals surface area contributed by atoms with E-state index < -0.39 is 8.07 Å². The van der Waals surface area contributed by atoms with Crippen molar-refractivity contribution in [1.29, 1.82) is 0 Å². The van der Waals surface area contributed by atoms with Gasteiger partial charge in [-0.25, -0.2) is 0 Å². The van der Waals surface area contributed by atoms with Crippen LogP contribution < -0.4 is 0 Å². The van der Waals surface area contributed by atoms with Crippen LogP contribution in [0, 0.1) is 5.92 Å². The van der Waals surface area contributed by atoms with Gasteiger partial charge >= 0.3 is 0 Å². The van der Waals surface area contributed by atoms with Crippen LogP contribution in [0.1, 0.15) is 63.5 Å². The quantitative estimate of drug-likeness (QED) is 0.346. The Morgan fingerprint density at radius 1 is 1.19 bits per heavy atom. The van der Waals surface area contributed by atoms with E-state index in [-0.39, 0.29) is 6.10 Å². The van der Waals surface area contributed by atoms with E-state index in [4.69, 9.17) is 16.3 Å². The maximum atomic E-state index is 7.09. The van der Waals surface area contributed by atoms with E-state index in [1.54, 1.807) is 0 Å². The molecule has 3 rings (SSSR count). The molecule has 0 radical (unpaired) electrons. The van der Waals surface area contributed by atoms with Crippen LogP contribution in [-0.4, -0.2) is 15.0 Å². The number of halogens is 1. The van der Waals surface area contributed by atoms with Crippen molar-refractivity contribution in [3.05, 3.63) is 47.0 Å². The standard InChI is InChI=1S/C23H36BClOSi/c1-17(2)16-22(20-14-6-7-15-21(20)25)26-24-19-12-8-10-18(11-9-13-19)23(24)27(3,4)5/h6-7,14-15,18-19,22-23H,1,8-13,16H2,2-5H3/t18?,19?,22-,23+/m1/s1. The average Bonchev–Trinajstić information content (AvgIpc) is 2.82. The molecule has 2 bridgehead atoms. The zero-order valence-corrected chi connectivity index (χ0v) is 19.4. The lowest BCUT2D eigenvalue weighted by molar-refractivity contribution is 0.196. The van der Waals surface area contributed by atoms with Crippen LogP contribution in [0.5, 0.6) is 0 Å². The summed E-state index contributed by atoms with van der Waals surface area (Å²) in [5, 5.41) is 0.824. The Morgan fingerprint density at radius 2 is 1.81 bits per heavy atom. The molecule has 2 atom stereocenters. The summed E-state index contributed by atoms with van der Waals surface area (Å²) in [7, 11) is -1.34. The molecule has 0 aromatic heterocycles. The van der Waals surface area contributed by atoms with E-state index in [1.807, 2.05) is 12.1 Å². The van der Waals surface area contributed by atoms with Crippen molar-refractivity contribution < 1.29 is 4.65 Å². The summed E-state index contributed by atoms with van der Waals surface area (Å²) >= 11 is 6.59. The Hall–Kier alpha value is -0.508. The lowest BCUT2D eigenvalue weighted by atomic mass is 9.50. The van der Waals surface area contributed by atoms with Crippen LogP contribution in [0.4, 0.5) is 0 Å². The van der Waals surface area contributed by atoms with E-state index in [9.17, 15) is 0 Å². The van der Waals surface area contributed by atoms with Crippen molar-refractivity contribution in [2.24, 2.45) is 5.92 Å². The fourth-order valence-corrected chi connectivity index (χ4v) is 9.03. The fraction of sp³-hybridized carbons (Fsp3) is 0.652. The zero-order valence-electron chi connectivity index (χ0n) is 17.6. The van der Waals surface area contributed by atoms with Crippen molar-refractivity contribution in [1.82, 2.24) is 0 Å². The topological polar surface area (TPSA) is 9.23 Å². The van der Waals surface area contributed by atoms with Gasteiger partial charge in [-0.15, -0.1) is 6.58 Å². The maximum absolute atomic E-state index is 7.09. The highest BCUT2D eigenvalue weighted by Crippen LogP contribution is 2.52. The van der Waals surface area contributed by atoms with Gasteiger partial charge in [0, 0.05) is 13.1 Å². The number of hydrogen-bond acceptors (Lipinski definition) is 1. The Bertz CT molecular complexity index is 646. The third kappa shape index (κ3) is 5.11. The first-order valence-electron chi connectivity index (χ1n) is 10.8. The third-order valence-electron chi connectivity index (χ3n) is 6.73. The number of fused-ring (bicyclic) bond motifs is 3. The molecule has 2 heterocycles. The van der Waals surface area contributed by atoms with Crippen LogP contribution in [0.25, 0.3) is 0 Å². The van der Waals surface area contributed by atoms with Crippen molar-refractivity contribution in [2.45, 2.75) is 88.9 Å². The Labute approximate surface area is 173 Å². The molecule has 0 spiro atoms. The molecule has 0 saturated carbocycles. The number of benzene rings is 1. The second kappa shape index (κ2) is 8.88. The summed E-state index contributed by atoms with van der Waals surface area (Å²) in [6.45, 7) is 14.3. The summed E-state index contributed by atoms with van der Waals surface area (Å²) in [5.41, 5.74) is 3.05. The Kier molecular flexibility index (Phi) is 6.98. The lowest BCUT2D eigenvalue weighted by Gasteiger charge is -2.40. The molecule has 2 aliphatic heterocycles. The molecule has 2 saturated heterocycles. The van der Waals surface area contributed by atoms with E-state index in [2.05, 4.69) is 45.3 Å². The zero-order chi connectivity index (χ0) is 19.6. The molecule has 0 N–H and O–H groups in total. The SMILES string of the molecule is C=C(C)C[C@@H](OB1C2CCCC(CCC2)[C@@H]1[Si](C)(C)C)c1ccccc1Cl. The molecular formula is C23H36BClOSi. The van der Waals surface area contributed by atoms with Crippen LogP contribution >= 0.6 is 11.6 Å². The van der Waals surface area contributed by atoms with Gasteiger partial charge in [-0.05, 0) is 42.2 Å². The minimum atomic E-state index is -1.34. The van der Waals surface area contributed by atoms with Gasteiger partial charge in [0.2, 0.25) is 0 Å². The van der Waals surface area contributed by atoms with Gasteiger partial charge in [0.05, 0.1) is 6.10 Å². The lowest BCUT2D eigenvalue weighted by Crippen LogP contribution is -2.45. The highest BCUT2D eigenvalue weighted by atomic mass is 35.5. The molecule has 0 unspecified atom stereocenters. The van der Waals surface area contributed by atoms with Crippen molar-refractivity contribution >= 4 is 26.6 Å². The van der Waals surface area contributed by atoms with Crippen molar-refractivity contribution in [3.63, 3.8) is 0 Å². The van der Waals surface area contributed by atoms with Gasteiger partial charge in [-0.2, -0.15) is 0 Å². The highest BCUT2D eigenvalue weighted by molar-refractivity contribution is 6.88. The summed E-state index contributed by atoms with van der Waals surface area (Å²) in [6, 6.07) is 8.22. The maximum Gasteiger partial charge on any atom is 0.297 e. The number of rotatable bonds is 6. The minimum absolute atomic E-state index is 0.0272. The van der Waals surface area contributed by atoms with Gasteiger partial charge < -0.3 is 4.65 Å². The van der Waals surface area contributed by atoms with Crippen LogP contribution in [0.15, 0.2) is 36.4 Å². The predicted octanol–water partition coefficient (Wildman–Crippen LogP) is 7.96. The van der Waals surface area contributed by atoms with Gasteiger partial charge in [-0.1, -0.05) is 93.5 Å². The van der Waals surface area contributed by atoms with Crippen LogP contribution in [0.3, 0.4) is 0 Å². The van der Waals surface area contributed by atoms with Crippen molar-refractivity contribution in [3.8, 4) is 0 Å². The van der Waals surface area contributed by atoms with E-state index >= 15 is 0 Å². The molecule has 0 amide bonds. The first-order chi connectivity index (χ1) is 12.8. The Morgan fingerprint density at radius 3 is 2.37 bits per heavy atom. The molecule has 1 nitrogen and oxygen atoms in total. The summed E-state index contributed by atoms with van der Waals surface area (Å²) in [4.78, 5) is 0. The predicted molar refractivity (Wildman–Crippen MR) is 123 cm³/mol. The molecule has 27 heavy (non-hydrogen) atoms. The second-order valence-electron chi connectivity index (χ2n) is 10.0. The first kappa shape index (κ1) is 21.2.